The first-order chi connectivity index (χ1) is 61.4. The summed E-state index contributed by atoms with van der Waals surface area (Å²) in [6.07, 6.45) is 6.81. The van der Waals surface area contributed by atoms with E-state index in [1.54, 1.807) is 106 Å². The van der Waals surface area contributed by atoms with E-state index in [0.717, 1.165) is 119 Å². The summed E-state index contributed by atoms with van der Waals surface area (Å²) in [5.74, 6) is -0.462. The molecule has 6 aromatic carbocycles. The summed E-state index contributed by atoms with van der Waals surface area (Å²) in [6.45, 7) is 14.3. The van der Waals surface area contributed by atoms with Gasteiger partial charge in [-0.1, -0.05) is 108 Å². The maximum absolute atomic E-state index is 14.1. The van der Waals surface area contributed by atoms with Gasteiger partial charge in [0.15, 0.2) is 37.9 Å². The van der Waals surface area contributed by atoms with Crippen molar-refractivity contribution in [1.82, 2.24) is 18.3 Å². The Bertz CT molecular complexity index is 7520. The summed E-state index contributed by atoms with van der Waals surface area (Å²) in [5.41, 5.74) is 8.13. The lowest BCUT2D eigenvalue weighted by Crippen LogP contribution is -2.38. The number of benzene rings is 6. The van der Waals surface area contributed by atoms with Gasteiger partial charge < -0.3 is 19.6 Å². The number of fused-ring (bicyclic) bond motifs is 4. The van der Waals surface area contributed by atoms with E-state index in [2.05, 4.69) is 61.4 Å². The van der Waals surface area contributed by atoms with Crippen LogP contribution in [-0.2, 0) is 65.7 Å². The summed E-state index contributed by atoms with van der Waals surface area (Å²) in [6, 6.07) is 58.6. The number of anilines is 4. The third-order valence-corrected chi connectivity index (χ3v) is 32.0. The van der Waals surface area contributed by atoms with Gasteiger partial charge in [0.05, 0.1) is 33.9 Å². The molecule has 4 aliphatic rings. The molecule has 0 N–H and O–H groups in total. The van der Waals surface area contributed by atoms with Crippen molar-refractivity contribution in [2.45, 2.75) is 113 Å². The zero-order valence-electron chi connectivity index (χ0n) is 71.6. The number of rotatable bonds is 12. The van der Waals surface area contributed by atoms with E-state index in [-0.39, 0.29) is 43.7 Å². The van der Waals surface area contributed by atoms with Crippen molar-refractivity contribution in [3.05, 3.63) is 365 Å². The lowest BCUT2D eigenvalue weighted by molar-refractivity contribution is -0.690. The van der Waals surface area contributed by atoms with Crippen molar-refractivity contribution in [2.24, 2.45) is 14.1 Å². The number of thioether (sulfide) groups is 4. The van der Waals surface area contributed by atoms with Gasteiger partial charge in [0.2, 0.25) is 22.8 Å². The van der Waals surface area contributed by atoms with Crippen LogP contribution in [0.1, 0.15) is 83.9 Å². The molecule has 4 aliphatic heterocycles. The Labute approximate surface area is 764 Å². The molecule has 0 aliphatic carbocycles. The van der Waals surface area contributed by atoms with Crippen molar-refractivity contribution in [3.8, 4) is 0 Å². The molecule has 656 valence electrons. The highest BCUT2D eigenvalue weighted by Crippen LogP contribution is 2.53. The van der Waals surface area contributed by atoms with Gasteiger partial charge in [-0.25, -0.2) is 17.9 Å². The fraction of sp³-hybridized carbons (Fsp3) is 0.208. The van der Waals surface area contributed by atoms with Crippen LogP contribution in [-0.4, -0.2) is 46.5 Å². The lowest BCUT2D eigenvalue weighted by Gasteiger charge is -2.13. The number of thiazole rings is 4. The minimum absolute atomic E-state index is 0.0315. The van der Waals surface area contributed by atoms with E-state index < -0.39 is 23.5 Å². The van der Waals surface area contributed by atoms with Crippen molar-refractivity contribution >= 4 is 160 Å². The minimum atomic E-state index is -4.49. The fourth-order valence-electron chi connectivity index (χ4n) is 14.9. The maximum atomic E-state index is 14.1. The molecule has 0 amide bonds. The van der Waals surface area contributed by atoms with Crippen LogP contribution in [0.3, 0.4) is 0 Å². The van der Waals surface area contributed by atoms with E-state index in [9.17, 15) is 54.3 Å². The number of hydrogen-bond acceptors (Lipinski definition) is 16. The Morgan fingerprint density at radius 1 is 0.344 bits per heavy atom. The largest absolute Gasteiger partial charge is 0.417 e. The number of aromatic nitrogens is 8. The molecule has 12 heterocycles. The highest BCUT2D eigenvalue weighted by atomic mass is 32.2. The second-order valence-electron chi connectivity index (χ2n) is 30.1. The molecule has 0 radical (unpaired) electrons. The van der Waals surface area contributed by atoms with Crippen LogP contribution in [0.25, 0.3) is 44.4 Å². The van der Waals surface area contributed by atoms with Gasteiger partial charge in [-0.05, 0) is 138 Å². The minimum Gasteiger partial charge on any atom is -0.337 e. The van der Waals surface area contributed by atoms with E-state index >= 15 is 0 Å². The standard InChI is InChI=1S/C28H24F4N3OS2.C27H25FN3OS2.C21H19F3N3OS2.C20H20N3OS2/c1-4-35-23(15-19-8-5-6-13-34(19)16-18-12-11-17(2)21(29)14-18)37-25(26(35)36)27-33(3)22-10-7-9-20(24(22)38-27)28(30,31)32;1-4-31-24(34-25(26(31)32)27-29(3)22-10-5-6-11-23(22)33-27)16-20-9-7-8-14-30(20)17-19-13-12-18(2)21(28)15-19;1-4-27-16(12-13-8-5-6-11-25(13)2)29-18(19(27)28)20-26(3)15-10-7-9-14(17(15)30-20)21(22,23)24;1-4-23-17(13-14-9-7-8-12-21(14)2)26-18(19(23)24)20-22(3)15-10-5-6-11-16(15)25-20/h5-15H,4,16H2,1-3H3;5-16H,4,17H2,1-3H3;5-12H,4H2,1-3H3;5-13H,4H2,1-3H3/q4*+1/b2*27-25+;2*20-18+. The van der Waals surface area contributed by atoms with Crippen LogP contribution in [0, 0.1) is 25.5 Å². The Morgan fingerprint density at radius 2 is 0.633 bits per heavy atom. The summed E-state index contributed by atoms with van der Waals surface area (Å²) in [4.78, 5) is 63.2. The van der Waals surface area contributed by atoms with Crippen molar-refractivity contribution in [2.75, 3.05) is 47.8 Å². The normalized spacial score (nSPS) is 15.7. The summed E-state index contributed by atoms with van der Waals surface area (Å²) in [5, 5.41) is 2.98. The molecule has 0 atom stereocenters. The zero-order chi connectivity index (χ0) is 90.9. The molecule has 128 heavy (non-hydrogen) atoms. The van der Waals surface area contributed by atoms with Crippen LogP contribution in [0.2, 0.25) is 0 Å². The Morgan fingerprint density at radius 3 is 0.945 bits per heavy atom. The molecule has 8 aromatic heterocycles. The number of aryl methyl sites for hydroxylation is 4. The first-order valence-corrected chi connectivity index (χ1v) is 47.3. The zero-order valence-corrected chi connectivity index (χ0v) is 78.2. The van der Waals surface area contributed by atoms with Crippen LogP contribution < -0.4 is 96.9 Å². The van der Waals surface area contributed by atoms with Crippen LogP contribution >= 0.6 is 92.4 Å². The SMILES string of the molecule is CCn1c(=O)/c(=C2\Sc3c(cccc3C(F)(F)F)N2C)s/c1=C\c1cccc[n+]1C.CCn1c(=O)/c(=C2\Sc3c(cccc3C(F)(F)F)N2C)s/c1=C\c1cccc[n+]1Cc1ccc(C)c(F)c1.CCn1c(=O)/c(=C2\Sc3ccccc3N2C)s/c1=C\c1cccc[n+]1C.CCn1c(=O)/c(=C2\Sc3ccccc3N2C)s/c1=C\c1cccc[n+]1Cc1ccc(C)c(F)c1. The monoisotopic (exact) mass is 1880 g/mol. The molecule has 0 fully saturated rings. The number of para-hydroxylation sites is 2. The highest BCUT2D eigenvalue weighted by Gasteiger charge is 2.41. The molecule has 0 saturated carbocycles. The number of halogens is 8. The molecule has 18 rings (SSSR count). The second kappa shape index (κ2) is 38.5. The summed E-state index contributed by atoms with van der Waals surface area (Å²) in [7, 11) is 11.4. The van der Waals surface area contributed by atoms with Gasteiger partial charge in [0.1, 0.15) is 82.6 Å². The molecule has 14 aromatic rings. The number of alkyl halides is 6. The van der Waals surface area contributed by atoms with E-state index in [1.807, 2.05) is 220 Å². The third kappa shape index (κ3) is 18.8. The molecular weight excluding hydrogens is 1790 g/mol. The van der Waals surface area contributed by atoms with Crippen LogP contribution in [0.15, 0.2) is 258 Å². The Balaban J connectivity index is 0.000000132. The van der Waals surface area contributed by atoms with Gasteiger partial charge in [0, 0.05) is 158 Å². The van der Waals surface area contributed by atoms with Crippen molar-refractivity contribution in [1.29, 1.82) is 0 Å². The quantitative estimate of drug-likeness (QED) is 0.0856. The van der Waals surface area contributed by atoms with Crippen molar-refractivity contribution in [3.63, 3.8) is 0 Å². The fourth-order valence-corrected chi connectivity index (χ4v) is 25.0. The Hall–Kier alpha value is -11.4. The number of pyridine rings is 4. The van der Waals surface area contributed by atoms with Crippen LogP contribution in [0.4, 0.5) is 57.9 Å². The summed E-state index contributed by atoms with van der Waals surface area (Å²) >= 11 is 10.9. The van der Waals surface area contributed by atoms with Gasteiger partial charge in [-0.15, -0.1) is 45.3 Å². The van der Waals surface area contributed by atoms with Gasteiger partial charge in [0.25, 0.3) is 22.2 Å². The smallest absolute Gasteiger partial charge is 0.337 e. The third-order valence-electron chi connectivity index (χ3n) is 21.9. The predicted octanol–water partition coefficient (Wildman–Crippen LogP) is 13.5. The molecule has 0 bridgehead atoms. The Kier molecular flexibility index (Phi) is 27.5. The summed E-state index contributed by atoms with van der Waals surface area (Å²) < 4.78 is 130. The average molecular weight is 1880 g/mol. The average Bonchev–Trinajstić information content (AvgIpc) is 1.63. The van der Waals surface area contributed by atoms with E-state index in [0.29, 0.717) is 85.6 Å². The van der Waals surface area contributed by atoms with Gasteiger partial charge >= 0.3 is 12.4 Å². The molecule has 16 nitrogen and oxygen atoms in total. The maximum Gasteiger partial charge on any atom is 0.417 e. The molecular formula is C96H88F8N12O4S8+4. The first kappa shape index (κ1) is 91.4. The van der Waals surface area contributed by atoms with Gasteiger partial charge in [-0.2, -0.15) is 35.5 Å². The second-order valence-corrected chi connectivity index (χ2v) is 38.3. The van der Waals surface area contributed by atoms with Crippen LogP contribution in [0.5, 0.6) is 0 Å². The highest BCUT2D eigenvalue weighted by molar-refractivity contribution is 8.09. The van der Waals surface area contributed by atoms with E-state index in [1.165, 1.54) is 57.1 Å². The molecule has 0 spiro atoms. The molecule has 0 unspecified atom stereocenters. The number of nitrogens with zero attached hydrogens (tertiary/aromatic N) is 12. The predicted molar refractivity (Wildman–Crippen MR) is 504 cm³/mol. The topological polar surface area (TPSA) is 116 Å². The lowest BCUT2D eigenvalue weighted by atomic mass is 10.1. The van der Waals surface area contributed by atoms with Crippen molar-refractivity contribution < 1.29 is 53.4 Å². The van der Waals surface area contributed by atoms with E-state index in [4.69, 9.17) is 0 Å². The first-order valence-electron chi connectivity index (χ1n) is 40.8. The molecule has 0 saturated heterocycles. The number of hydrogen-bond donors (Lipinski definition) is 0. The molecule has 32 heteroatoms. The van der Waals surface area contributed by atoms with Gasteiger partial charge in [-0.3, -0.25) is 37.4 Å².